The molecule has 4 heteroatoms. The average Bonchev–Trinajstić information content (AvgIpc) is 2.17. The van der Waals surface area contributed by atoms with Crippen LogP contribution in [0.15, 0.2) is 0 Å². The Morgan fingerprint density at radius 3 is 2.64 bits per heavy atom. The van der Waals surface area contributed by atoms with Gasteiger partial charge in [0.15, 0.2) is 0 Å². The molecule has 0 aliphatic carbocycles. The number of hydrogen-bond acceptors (Lipinski definition) is 2. The third kappa shape index (κ3) is 1.17. The molecule has 3 amide bonds. The van der Waals surface area contributed by atoms with Crippen molar-refractivity contribution in [3.05, 3.63) is 0 Å². The molecule has 1 aliphatic rings. The number of carbonyl (C=O) groups is 2. The smallest absolute Gasteiger partial charge is 0.318 e. The van der Waals surface area contributed by atoms with E-state index in [-0.39, 0.29) is 25.0 Å². The Morgan fingerprint density at radius 2 is 2.27 bits per heavy atom. The molecule has 0 aromatic heterocycles. The van der Waals surface area contributed by atoms with E-state index >= 15 is 0 Å². The highest BCUT2D eigenvalue weighted by Gasteiger charge is 2.32. The largest absolute Gasteiger partial charge is 0.327 e. The highest BCUT2D eigenvalue weighted by Crippen LogP contribution is 2.05. The van der Waals surface area contributed by atoms with Crippen molar-refractivity contribution in [1.82, 2.24) is 9.80 Å². The van der Waals surface area contributed by atoms with Gasteiger partial charge in [-0.15, -0.1) is 6.42 Å². The molecule has 0 bridgehead atoms. The molecule has 58 valence electrons. The number of likely N-dealkylation sites (N-methyl/N-ethyl adjacent to an activating group) is 1. The summed E-state index contributed by atoms with van der Waals surface area (Å²) >= 11 is 0. The molecule has 0 saturated carbocycles. The van der Waals surface area contributed by atoms with Crippen LogP contribution in [0, 0.1) is 12.3 Å². The summed E-state index contributed by atoms with van der Waals surface area (Å²) in [5, 5.41) is 0. The first-order valence-corrected chi connectivity index (χ1v) is 3.15. The molecule has 4 nitrogen and oxygen atoms in total. The van der Waals surface area contributed by atoms with Crippen LogP contribution in [0.4, 0.5) is 4.79 Å². The first-order chi connectivity index (χ1) is 5.16. The lowest BCUT2D eigenvalue weighted by Gasteiger charge is -2.09. The molecule has 1 fully saturated rings. The molecule has 1 heterocycles. The van der Waals surface area contributed by atoms with Crippen LogP contribution in [0.25, 0.3) is 0 Å². The minimum Gasteiger partial charge on any atom is -0.318 e. The maximum atomic E-state index is 11.0. The number of rotatable bonds is 1. The lowest BCUT2D eigenvalue weighted by molar-refractivity contribution is -0.124. The van der Waals surface area contributed by atoms with Crippen LogP contribution in [0.2, 0.25) is 0 Å². The summed E-state index contributed by atoms with van der Waals surface area (Å²) in [6, 6.07) is -0.312. The average molecular weight is 152 g/mol. The highest BCUT2D eigenvalue weighted by molar-refractivity contribution is 6.02. The van der Waals surface area contributed by atoms with Gasteiger partial charge in [0.25, 0.3) is 5.91 Å². The molecule has 1 saturated heterocycles. The standard InChI is InChI=1S/C7H8N2O2/c1-3-4-9-6(10)5-8(2)7(9)11/h1H,4-5H2,2H3. The number of urea groups is 1. The number of hydrogen-bond donors (Lipinski definition) is 0. The zero-order valence-corrected chi connectivity index (χ0v) is 6.20. The van der Waals surface area contributed by atoms with Gasteiger partial charge in [-0.25, -0.2) is 4.79 Å². The van der Waals surface area contributed by atoms with Gasteiger partial charge in [-0.3, -0.25) is 9.69 Å². The van der Waals surface area contributed by atoms with Crippen molar-refractivity contribution >= 4 is 11.9 Å². The van der Waals surface area contributed by atoms with Gasteiger partial charge >= 0.3 is 6.03 Å². The Morgan fingerprint density at radius 1 is 1.64 bits per heavy atom. The first kappa shape index (κ1) is 7.61. The van der Waals surface area contributed by atoms with Crippen molar-refractivity contribution in [3.63, 3.8) is 0 Å². The lowest BCUT2D eigenvalue weighted by atomic mass is 10.5. The van der Waals surface area contributed by atoms with E-state index in [2.05, 4.69) is 5.92 Å². The second kappa shape index (κ2) is 2.62. The van der Waals surface area contributed by atoms with E-state index < -0.39 is 0 Å². The van der Waals surface area contributed by atoms with E-state index in [1.165, 1.54) is 4.90 Å². The summed E-state index contributed by atoms with van der Waals surface area (Å²) < 4.78 is 0. The third-order valence-corrected chi connectivity index (χ3v) is 1.48. The van der Waals surface area contributed by atoms with Crippen LogP contribution in [0.5, 0.6) is 0 Å². The van der Waals surface area contributed by atoms with Crippen LogP contribution >= 0.6 is 0 Å². The van der Waals surface area contributed by atoms with E-state index in [0.29, 0.717) is 0 Å². The predicted octanol–water partition coefficient (Wildman–Crippen LogP) is -0.486. The molecule has 0 spiro atoms. The summed E-state index contributed by atoms with van der Waals surface area (Å²) in [6.45, 7) is 0.211. The summed E-state index contributed by atoms with van der Waals surface area (Å²) in [4.78, 5) is 24.4. The van der Waals surface area contributed by atoms with Gasteiger partial charge in [0.2, 0.25) is 0 Å². The summed E-state index contributed by atoms with van der Waals surface area (Å²) in [5.74, 6) is 2.02. The van der Waals surface area contributed by atoms with E-state index in [4.69, 9.17) is 6.42 Å². The fraction of sp³-hybridized carbons (Fsp3) is 0.429. The van der Waals surface area contributed by atoms with Gasteiger partial charge in [0, 0.05) is 7.05 Å². The number of nitrogens with zero attached hydrogens (tertiary/aromatic N) is 2. The van der Waals surface area contributed by atoms with E-state index in [1.54, 1.807) is 7.05 Å². The fourth-order valence-electron chi connectivity index (χ4n) is 0.916. The molecule has 11 heavy (non-hydrogen) atoms. The van der Waals surface area contributed by atoms with Crippen LogP contribution in [-0.2, 0) is 4.79 Å². The topological polar surface area (TPSA) is 40.6 Å². The van der Waals surface area contributed by atoms with Gasteiger partial charge in [0.1, 0.15) is 6.54 Å². The minimum atomic E-state index is -0.312. The molecular weight excluding hydrogens is 144 g/mol. The molecule has 0 unspecified atom stereocenters. The summed E-state index contributed by atoms with van der Waals surface area (Å²) in [6.07, 6.45) is 4.96. The van der Waals surface area contributed by atoms with Crippen LogP contribution < -0.4 is 0 Å². The highest BCUT2D eigenvalue weighted by atomic mass is 16.2. The van der Waals surface area contributed by atoms with Gasteiger partial charge < -0.3 is 4.90 Å². The number of amides is 3. The molecule has 0 aromatic carbocycles. The van der Waals surface area contributed by atoms with E-state index in [0.717, 1.165) is 4.90 Å². The second-order valence-electron chi connectivity index (χ2n) is 2.32. The summed E-state index contributed by atoms with van der Waals surface area (Å²) in [5.41, 5.74) is 0. The maximum Gasteiger partial charge on any atom is 0.327 e. The van der Waals surface area contributed by atoms with Crippen molar-refractivity contribution in [2.45, 2.75) is 0 Å². The van der Waals surface area contributed by atoms with Gasteiger partial charge in [-0.1, -0.05) is 5.92 Å². The Bertz CT molecular complexity index is 241. The van der Waals surface area contributed by atoms with Crippen LogP contribution in [-0.4, -0.2) is 41.9 Å². The van der Waals surface area contributed by atoms with Crippen molar-refractivity contribution in [2.75, 3.05) is 20.1 Å². The number of imide groups is 1. The molecular formula is C7H8N2O2. The van der Waals surface area contributed by atoms with Crippen molar-refractivity contribution in [3.8, 4) is 12.3 Å². The normalized spacial score (nSPS) is 17.5. The summed E-state index contributed by atoms with van der Waals surface area (Å²) in [7, 11) is 1.57. The van der Waals surface area contributed by atoms with E-state index in [9.17, 15) is 9.59 Å². The SMILES string of the molecule is C#CCN1C(=O)CN(C)C1=O. The molecule has 0 N–H and O–H groups in total. The van der Waals surface area contributed by atoms with Crippen LogP contribution in [0.1, 0.15) is 0 Å². The molecule has 0 aromatic rings. The molecule has 0 radical (unpaired) electrons. The molecule has 0 atom stereocenters. The second-order valence-corrected chi connectivity index (χ2v) is 2.32. The third-order valence-electron chi connectivity index (χ3n) is 1.48. The predicted molar refractivity (Wildman–Crippen MR) is 38.6 cm³/mol. The first-order valence-electron chi connectivity index (χ1n) is 3.15. The monoisotopic (exact) mass is 152 g/mol. The maximum absolute atomic E-state index is 11.0. The van der Waals surface area contributed by atoms with Gasteiger partial charge in [-0.2, -0.15) is 0 Å². The Kier molecular flexibility index (Phi) is 1.81. The van der Waals surface area contributed by atoms with Crippen molar-refractivity contribution < 1.29 is 9.59 Å². The fourth-order valence-corrected chi connectivity index (χ4v) is 0.916. The Balaban J connectivity index is 2.73. The quantitative estimate of drug-likeness (QED) is 0.376. The lowest BCUT2D eigenvalue weighted by Crippen LogP contribution is -2.31. The zero-order chi connectivity index (χ0) is 8.43. The Hall–Kier alpha value is -1.50. The zero-order valence-electron chi connectivity index (χ0n) is 6.20. The van der Waals surface area contributed by atoms with E-state index in [1.807, 2.05) is 0 Å². The minimum absolute atomic E-state index is 0.0714. The number of carbonyl (C=O) groups excluding carboxylic acids is 2. The van der Waals surface area contributed by atoms with Crippen molar-refractivity contribution in [2.24, 2.45) is 0 Å². The van der Waals surface area contributed by atoms with Gasteiger partial charge in [0.05, 0.1) is 6.54 Å². The van der Waals surface area contributed by atoms with Gasteiger partial charge in [-0.05, 0) is 0 Å². The number of terminal acetylenes is 1. The molecule has 1 aliphatic heterocycles. The Labute approximate surface area is 64.8 Å². The molecule has 1 rings (SSSR count). The van der Waals surface area contributed by atoms with Crippen LogP contribution in [0.3, 0.4) is 0 Å². The van der Waals surface area contributed by atoms with Crippen molar-refractivity contribution in [1.29, 1.82) is 0 Å².